The Morgan fingerprint density at radius 3 is 2.60 bits per heavy atom. The molecule has 0 aromatic heterocycles. The summed E-state index contributed by atoms with van der Waals surface area (Å²) in [5, 5.41) is 0. The van der Waals surface area contributed by atoms with Crippen LogP contribution in [0.25, 0.3) is 0 Å². The van der Waals surface area contributed by atoms with Gasteiger partial charge in [0, 0.05) is 22.3 Å². The quantitative estimate of drug-likeness (QED) is 0.703. The van der Waals surface area contributed by atoms with Gasteiger partial charge in [-0.3, -0.25) is 4.21 Å². The van der Waals surface area contributed by atoms with Gasteiger partial charge in [0.1, 0.15) is 5.75 Å². The standard InChI is InChI=1S/C11H14BO2S/c1-14-11-4-2-10(3-5-11)12-6-9-7-15(13)8-9/h2-5,9H,6-8H2,1H3. The summed E-state index contributed by atoms with van der Waals surface area (Å²) in [6, 6.07) is 8.03. The number of hydrogen-bond donors (Lipinski definition) is 0. The molecule has 1 radical (unpaired) electrons. The zero-order valence-electron chi connectivity index (χ0n) is 8.81. The van der Waals surface area contributed by atoms with Crippen LogP contribution in [-0.4, -0.2) is 30.1 Å². The molecule has 0 spiro atoms. The van der Waals surface area contributed by atoms with Crippen LogP contribution in [0.15, 0.2) is 24.3 Å². The number of hydrogen-bond acceptors (Lipinski definition) is 2. The molecule has 2 rings (SSSR count). The molecule has 79 valence electrons. The lowest BCUT2D eigenvalue weighted by Crippen LogP contribution is -2.33. The van der Waals surface area contributed by atoms with Crippen molar-refractivity contribution in [2.75, 3.05) is 18.6 Å². The van der Waals surface area contributed by atoms with Crippen LogP contribution in [0.4, 0.5) is 0 Å². The van der Waals surface area contributed by atoms with E-state index >= 15 is 0 Å². The van der Waals surface area contributed by atoms with E-state index in [1.165, 1.54) is 5.46 Å². The van der Waals surface area contributed by atoms with Crippen molar-refractivity contribution in [3.63, 3.8) is 0 Å². The summed E-state index contributed by atoms with van der Waals surface area (Å²) in [6.45, 7) is 0. The van der Waals surface area contributed by atoms with Crippen LogP contribution in [0.1, 0.15) is 0 Å². The van der Waals surface area contributed by atoms with Crippen molar-refractivity contribution in [2.24, 2.45) is 5.92 Å². The van der Waals surface area contributed by atoms with E-state index in [1.54, 1.807) is 7.11 Å². The minimum atomic E-state index is -0.525. The molecule has 1 aliphatic rings. The topological polar surface area (TPSA) is 26.3 Å². The lowest BCUT2D eigenvalue weighted by Gasteiger charge is -2.24. The Bertz CT molecular complexity index is 342. The minimum Gasteiger partial charge on any atom is -0.497 e. The maximum atomic E-state index is 10.9. The van der Waals surface area contributed by atoms with Crippen LogP contribution in [0, 0.1) is 5.92 Å². The van der Waals surface area contributed by atoms with E-state index < -0.39 is 10.8 Å². The molecule has 1 aromatic carbocycles. The van der Waals surface area contributed by atoms with Crippen molar-refractivity contribution in [3.05, 3.63) is 24.3 Å². The first-order valence-electron chi connectivity index (χ1n) is 5.10. The van der Waals surface area contributed by atoms with Crippen molar-refractivity contribution < 1.29 is 8.95 Å². The summed E-state index contributed by atoms with van der Waals surface area (Å²) in [7, 11) is 3.35. The number of methoxy groups -OCH3 is 1. The van der Waals surface area contributed by atoms with Gasteiger partial charge >= 0.3 is 0 Å². The Balaban J connectivity index is 1.80. The van der Waals surface area contributed by atoms with Gasteiger partial charge in [-0.05, 0) is 18.1 Å². The van der Waals surface area contributed by atoms with Crippen LogP contribution in [0.3, 0.4) is 0 Å². The maximum Gasteiger partial charge on any atom is 0.151 e. The first kappa shape index (κ1) is 10.7. The molecule has 1 saturated heterocycles. The Hall–Kier alpha value is -0.765. The molecule has 1 heterocycles. The normalized spacial score (nSPS) is 24.3. The van der Waals surface area contributed by atoms with Crippen molar-refractivity contribution in [3.8, 4) is 5.75 Å². The Morgan fingerprint density at radius 1 is 1.40 bits per heavy atom. The molecule has 1 fully saturated rings. The van der Waals surface area contributed by atoms with Gasteiger partial charge in [0.05, 0.1) is 7.11 Å². The summed E-state index contributed by atoms with van der Waals surface area (Å²) < 4.78 is 16.0. The fraction of sp³-hybridized carbons (Fsp3) is 0.455. The summed E-state index contributed by atoms with van der Waals surface area (Å²) >= 11 is 0. The van der Waals surface area contributed by atoms with Gasteiger partial charge in [-0.15, -0.1) is 0 Å². The zero-order valence-corrected chi connectivity index (χ0v) is 9.63. The third kappa shape index (κ3) is 2.84. The molecule has 0 unspecified atom stereocenters. The summed E-state index contributed by atoms with van der Waals surface area (Å²) in [5.74, 6) is 3.28. The van der Waals surface area contributed by atoms with Gasteiger partial charge in [0.25, 0.3) is 0 Å². The second-order valence-electron chi connectivity index (χ2n) is 3.85. The largest absolute Gasteiger partial charge is 0.497 e. The van der Waals surface area contributed by atoms with Crippen molar-refractivity contribution in [1.82, 2.24) is 0 Å². The molecule has 0 atom stereocenters. The molecule has 0 saturated carbocycles. The highest BCUT2D eigenvalue weighted by Crippen LogP contribution is 2.17. The first-order chi connectivity index (χ1) is 7.28. The lowest BCUT2D eigenvalue weighted by atomic mass is 9.64. The lowest BCUT2D eigenvalue weighted by molar-refractivity contribution is 0.415. The van der Waals surface area contributed by atoms with Crippen LogP contribution >= 0.6 is 0 Å². The highest BCUT2D eigenvalue weighted by molar-refractivity contribution is 7.86. The maximum absolute atomic E-state index is 10.9. The Kier molecular flexibility index (Phi) is 3.47. The molecule has 0 amide bonds. The highest BCUT2D eigenvalue weighted by atomic mass is 32.2. The van der Waals surface area contributed by atoms with E-state index in [0.717, 1.165) is 23.6 Å². The molecule has 0 bridgehead atoms. The predicted molar refractivity (Wildman–Crippen MR) is 64.6 cm³/mol. The Morgan fingerprint density at radius 2 is 2.07 bits per heavy atom. The summed E-state index contributed by atoms with van der Waals surface area (Å²) in [4.78, 5) is 0. The van der Waals surface area contributed by atoms with Crippen molar-refractivity contribution >= 4 is 23.5 Å². The van der Waals surface area contributed by atoms with E-state index in [0.29, 0.717) is 5.92 Å². The molecule has 1 aromatic rings. The molecule has 4 heteroatoms. The van der Waals surface area contributed by atoms with E-state index in [4.69, 9.17) is 4.74 Å². The summed E-state index contributed by atoms with van der Waals surface area (Å²) in [6.07, 6.45) is 1.04. The third-order valence-electron chi connectivity index (χ3n) is 2.65. The molecular formula is C11H14BO2S. The van der Waals surface area contributed by atoms with Crippen LogP contribution in [0.5, 0.6) is 5.75 Å². The fourth-order valence-corrected chi connectivity index (χ4v) is 2.88. The highest BCUT2D eigenvalue weighted by Gasteiger charge is 2.24. The fourth-order valence-electron chi connectivity index (χ4n) is 1.66. The minimum absolute atomic E-state index is 0.525. The van der Waals surface area contributed by atoms with Crippen LogP contribution in [-0.2, 0) is 10.8 Å². The number of benzene rings is 1. The average molecular weight is 221 g/mol. The molecule has 0 aliphatic carbocycles. The third-order valence-corrected chi connectivity index (χ3v) is 4.33. The average Bonchev–Trinajstić information content (AvgIpc) is 2.23. The van der Waals surface area contributed by atoms with E-state index in [1.807, 2.05) is 12.1 Å². The second kappa shape index (κ2) is 4.84. The predicted octanol–water partition coefficient (Wildman–Crippen LogP) is 0.821. The van der Waals surface area contributed by atoms with E-state index in [-0.39, 0.29) is 0 Å². The van der Waals surface area contributed by atoms with E-state index in [9.17, 15) is 4.21 Å². The van der Waals surface area contributed by atoms with Gasteiger partial charge < -0.3 is 4.74 Å². The zero-order chi connectivity index (χ0) is 10.7. The van der Waals surface area contributed by atoms with Crippen molar-refractivity contribution in [2.45, 2.75) is 6.32 Å². The SMILES string of the molecule is COc1ccc([B]CC2CS(=O)C2)cc1. The molecular weight excluding hydrogens is 207 g/mol. The van der Waals surface area contributed by atoms with E-state index in [2.05, 4.69) is 19.4 Å². The smallest absolute Gasteiger partial charge is 0.151 e. The number of rotatable bonds is 4. The molecule has 0 N–H and O–H groups in total. The van der Waals surface area contributed by atoms with Crippen LogP contribution in [0.2, 0.25) is 6.32 Å². The van der Waals surface area contributed by atoms with Gasteiger partial charge in [0.15, 0.2) is 7.28 Å². The van der Waals surface area contributed by atoms with Gasteiger partial charge in [-0.1, -0.05) is 23.9 Å². The van der Waals surface area contributed by atoms with Gasteiger partial charge in [0.2, 0.25) is 0 Å². The molecule has 2 nitrogen and oxygen atoms in total. The first-order valence-corrected chi connectivity index (χ1v) is 6.59. The van der Waals surface area contributed by atoms with Gasteiger partial charge in [-0.25, -0.2) is 0 Å². The monoisotopic (exact) mass is 221 g/mol. The molecule has 1 aliphatic heterocycles. The Labute approximate surface area is 93.7 Å². The summed E-state index contributed by atoms with van der Waals surface area (Å²) in [5.41, 5.74) is 1.22. The van der Waals surface area contributed by atoms with Crippen LogP contribution < -0.4 is 10.2 Å². The van der Waals surface area contributed by atoms with Gasteiger partial charge in [-0.2, -0.15) is 0 Å². The number of ether oxygens (including phenoxy) is 1. The molecule has 15 heavy (non-hydrogen) atoms. The second-order valence-corrected chi connectivity index (χ2v) is 5.40. The van der Waals surface area contributed by atoms with Crippen molar-refractivity contribution in [1.29, 1.82) is 0 Å².